The van der Waals surface area contributed by atoms with Gasteiger partial charge in [-0.15, -0.1) is 0 Å². The number of pyridine rings is 2. The van der Waals surface area contributed by atoms with Gasteiger partial charge in [0.05, 0.1) is 29.6 Å². The molecule has 0 unspecified atom stereocenters. The van der Waals surface area contributed by atoms with Gasteiger partial charge in [-0.1, -0.05) is 36.4 Å². The first-order valence-corrected chi connectivity index (χ1v) is 10.9. The van der Waals surface area contributed by atoms with Gasteiger partial charge in [0, 0.05) is 23.3 Å². The lowest BCUT2D eigenvalue weighted by molar-refractivity contribution is 0.0956. The summed E-state index contributed by atoms with van der Waals surface area (Å²) in [6.45, 7) is 1.87. The Morgan fingerprint density at radius 2 is 1.68 bits per heavy atom. The third-order valence-corrected chi connectivity index (χ3v) is 5.73. The Hall–Kier alpha value is -4.58. The Labute approximate surface area is 196 Å². The van der Waals surface area contributed by atoms with Crippen LogP contribution in [-0.4, -0.2) is 28.7 Å². The Kier molecular flexibility index (Phi) is 5.70. The van der Waals surface area contributed by atoms with Crippen LogP contribution in [0.25, 0.3) is 32.9 Å². The molecular formula is C28H22N4O2. The lowest BCUT2D eigenvalue weighted by atomic mass is 10.0. The zero-order valence-electron chi connectivity index (χ0n) is 18.8. The number of ether oxygens (including phenoxy) is 1. The first-order chi connectivity index (χ1) is 16.6. The molecule has 0 saturated heterocycles. The molecule has 2 heterocycles. The van der Waals surface area contributed by atoms with Crippen molar-refractivity contribution in [1.29, 1.82) is 0 Å². The number of aromatic nitrogens is 2. The molecule has 1 amide bonds. The molecule has 34 heavy (non-hydrogen) atoms. The normalized spacial score (nSPS) is 11.5. The fourth-order valence-corrected chi connectivity index (χ4v) is 3.87. The molecule has 6 nitrogen and oxygen atoms in total. The molecule has 0 aliphatic heterocycles. The summed E-state index contributed by atoms with van der Waals surface area (Å²) in [7, 11) is 1.65. The smallest absolute Gasteiger partial charge is 0.272 e. The van der Waals surface area contributed by atoms with E-state index in [4.69, 9.17) is 9.72 Å². The van der Waals surface area contributed by atoms with Crippen molar-refractivity contribution in [2.45, 2.75) is 6.92 Å². The molecule has 6 heteroatoms. The second kappa shape index (κ2) is 9.11. The fraction of sp³-hybridized carbons (Fsp3) is 0.0714. The molecule has 0 aliphatic carbocycles. The third-order valence-electron chi connectivity index (χ3n) is 5.73. The standard InChI is InChI=1S/C28H22N4O2/c1-18(20-7-8-22-16-23(34-2)10-9-21(22)15-20)31-32-28(33)25-17-27(19-11-13-29-14-12-19)30-26-6-4-3-5-24(25)26/h3-17H,1-2H3,(H,32,33)/b31-18-. The number of fused-ring (bicyclic) bond motifs is 2. The van der Waals surface area contributed by atoms with Crippen LogP contribution in [0.4, 0.5) is 0 Å². The average molecular weight is 447 g/mol. The van der Waals surface area contributed by atoms with Crippen LogP contribution in [0.5, 0.6) is 5.75 Å². The molecule has 0 atom stereocenters. The van der Waals surface area contributed by atoms with Crippen molar-refractivity contribution in [1.82, 2.24) is 15.4 Å². The highest BCUT2D eigenvalue weighted by molar-refractivity contribution is 6.08. The minimum Gasteiger partial charge on any atom is -0.497 e. The number of nitrogens with one attached hydrogen (secondary N) is 1. The number of rotatable bonds is 5. The van der Waals surface area contributed by atoms with Crippen molar-refractivity contribution in [3.63, 3.8) is 0 Å². The molecule has 0 aliphatic rings. The van der Waals surface area contributed by atoms with Crippen molar-refractivity contribution >= 4 is 33.3 Å². The minimum absolute atomic E-state index is 0.293. The fourth-order valence-electron chi connectivity index (χ4n) is 3.87. The lowest BCUT2D eigenvalue weighted by Gasteiger charge is -2.10. The summed E-state index contributed by atoms with van der Waals surface area (Å²) in [6.07, 6.45) is 3.42. The molecule has 5 aromatic rings. The lowest BCUT2D eigenvalue weighted by Crippen LogP contribution is -2.20. The van der Waals surface area contributed by atoms with Crippen LogP contribution < -0.4 is 10.2 Å². The maximum atomic E-state index is 13.2. The van der Waals surface area contributed by atoms with Gasteiger partial charge in [0.1, 0.15) is 5.75 Å². The molecular weight excluding hydrogens is 424 g/mol. The summed E-state index contributed by atoms with van der Waals surface area (Å²) in [5, 5.41) is 7.30. The van der Waals surface area contributed by atoms with E-state index in [2.05, 4.69) is 15.5 Å². The van der Waals surface area contributed by atoms with Gasteiger partial charge in [0.15, 0.2) is 0 Å². The number of carbonyl (C=O) groups excluding carboxylic acids is 1. The van der Waals surface area contributed by atoms with Gasteiger partial charge < -0.3 is 4.74 Å². The Balaban J connectivity index is 1.46. The quantitative estimate of drug-likeness (QED) is 0.281. The summed E-state index contributed by atoms with van der Waals surface area (Å²) in [5.74, 6) is 0.521. The van der Waals surface area contributed by atoms with Crippen LogP contribution >= 0.6 is 0 Å². The molecule has 2 aromatic heterocycles. The van der Waals surface area contributed by atoms with E-state index in [1.807, 2.05) is 79.7 Å². The molecule has 0 bridgehead atoms. The van der Waals surface area contributed by atoms with Crippen LogP contribution in [0.3, 0.4) is 0 Å². The predicted octanol–water partition coefficient (Wildman–Crippen LogP) is 5.61. The van der Waals surface area contributed by atoms with Crippen molar-refractivity contribution < 1.29 is 9.53 Å². The molecule has 0 spiro atoms. The van der Waals surface area contributed by atoms with E-state index in [0.29, 0.717) is 17.0 Å². The number of hydrogen-bond acceptors (Lipinski definition) is 5. The Morgan fingerprint density at radius 1 is 0.912 bits per heavy atom. The van der Waals surface area contributed by atoms with Crippen LogP contribution in [-0.2, 0) is 0 Å². The van der Waals surface area contributed by atoms with Gasteiger partial charge in [-0.2, -0.15) is 5.10 Å². The van der Waals surface area contributed by atoms with Gasteiger partial charge in [-0.3, -0.25) is 9.78 Å². The van der Waals surface area contributed by atoms with Gasteiger partial charge >= 0.3 is 0 Å². The van der Waals surface area contributed by atoms with Gasteiger partial charge in [0.2, 0.25) is 0 Å². The molecule has 1 N–H and O–H groups in total. The second-order valence-corrected chi connectivity index (χ2v) is 7.87. The van der Waals surface area contributed by atoms with Crippen molar-refractivity contribution in [3.05, 3.63) is 102 Å². The number of benzene rings is 3. The van der Waals surface area contributed by atoms with Crippen LogP contribution in [0.15, 0.2) is 96.4 Å². The van der Waals surface area contributed by atoms with E-state index in [0.717, 1.165) is 38.6 Å². The van der Waals surface area contributed by atoms with Crippen LogP contribution in [0.1, 0.15) is 22.8 Å². The molecule has 5 rings (SSSR count). The van der Waals surface area contributed by atoms with Crippen molar-refractivity contribution in [2.24, 2.45) is 5.10 Å². The molecule has 166 valence electrons. The zero-order chi connectivity index (χ0) is 23.5. The second-order valence-electron chi connectivity index (χ2n) is 7.87. The molecule has 3 aromatic carbocycles. The Bertz CT molecular complexity index is 1550. The highest BCUT2D eigenvalue weighted by Crippen LogP contribution is 2.25. The van der Waals surface area contributed by atoms with Gasteiger partial charge in [0.25, 0.3) is 5.91 Å². The highest BCUT2D eigenvalue weighted by atomic mass is 16.5. The van der Waals surface area contributed by atoms with Gasteiger partial charge in [-0.05, 0) is 65.7 Å². The monoisotopic (exact) mass is 446 g/mol. The largest absolute Gasteiger partial charge is 0.497 e. The van der Waals surface area contributed by atoms with Crippen molar-refractivity contribution in [2.75, 3.05) is 7.11 Å². The summed E-state index contributed by atoms with van der Waals surface area (Å²) in [4.78, 5) is 22.0. The Morgan fingerprint density at radius 3 is 2.50 bits per heavy atom. The average Bonchev–Trinajstić information content (AvgIpc) is 2.90. The summed E-state index contributed by atoms with van der Waals surface area (Å²) >= 11 is 0. The van der Waals surface area contributed by atoms with Crippen molar-refractivity contribution in [3.8, 4) is 17.0 Å². The predicted molar refractivity (Wildman–Crippen MR) is 135 cm³/mol. The maximum absolute atomic E-state index is 13.2. The topological polar surface area (TPSA) is 76.5 Å². The summed E-state index contributed by atoms with van der Waals surface area (Å²) < 4.78 is 5.30. The number of hydrazone groups is 1. The number of carbonyl (C=O) groups is 1. The van der Waals surface area contributed by atoms with E-state index < -0.39 is 0 Å². The number of amides is 1. The number of para-hydroxylation sites is 1. The third kappa shape index (κ3) is 4.21. The van der Waals surface area contributed by atoms with Gasteiger partial charge in [-0.25, -0.2) is 10.4 Å². The van der Waals surface area contributed by atoms with E-state index in [1.54, 1.807) is 25.6 Å². The zero-order valence-corrected chi connectivity index (χ0v) is 18.8. The van der Waals surface area contributed by atoms with E-state index >= 15 is 0 Å². The van der Waals surface area contributed by atoms with Crippen LogP contribution in [0, 0.1) is 0 Å². The van der Waals surface area contributed by atoms with E-state index in [1.165, 1.54) is 0 Å². The van der Waals surface area contributed by atoms with E-state index in [-0.39, 0.29) is 5.91 Å². The maximum Gasteiger partial charge on any atom is 0.272 e. The molecule has 0 saturated carbocycles. The number of hydrogen-bond donors (Lipinski definition) is 1. The first-order valence-electron chi connectivity index (χ1n) is 10.9. The van der Waals surface area contributed by atoms with Crippen LogP contribution in [0.2, 0.25) is 0 Å². The summed E-state index contributed by atoms with van der Waals surface area (Å²) in [5.41, 5.74) is 7.21. The van der Waals surface area contributed by atoms with E-state index in [9.17, 15) is 4.79 Å². The highest BCUT2D eigenvalue weighted by Gasteiger charge is 2.14. The SMILES string of the molecule is COc1ccc2cc(/C(C)=N\NC(=O)c3cc(-c4ccncc4)nc4ccccc34)ccc2c1. The molecule has 0 radical (unpaired) electrons. The number of methoxy groups -OCH3 is 1. The first kappa shape index (κ1) is 21.3. The molecule has 0 fully saturated rings. The summed E-state index contributed by atoms with van der Waals surface area (Å²) in [6, 6.07) is 25.1. The minimum atomic E-state index is -0.293. The number of nitrogens with zero attached hydrogens (tertiary/aromatic N) is 3.